The molecule has 1 heterocycles. The van der Waals surface area contributed by atoms with Gasteiger partial charge in [-0.3, -0.25) is 4.68 Å². The lowest BCUT2D eigenvalue weighted by molar-refractivity contribution is 0.118. The second-order valence-corrected chi connectivity index (χ2v) is 4.41. The van der Waals surface area contributed by atoms with Crippen LogP contribution in [-0.2, 0) is 18.2 Å². The average molecular weight is 225 g/mol. The average Bonchev–Trinajstić information content (AvgIpc) is 2.58. The maximum atomic E-state index is 5.51. The Kier molecular flexibility index (Phi) is 5.32. The first-order chi connectivity index (χ1) is 7.63. The molecule has 0 amide bonds. The van der Waals surface area contributed by atoms with Crippen LogP contribution in [0.5, 0.6) is 0 Å². The Bertz CT molecular complexity index is 307. The van der Waals surface area contributed by atoms with Gasteiger partial charge in [-0.05, 0) is 12.3 Å². The molecule has 0 aromatic carbocycles. The van der Waals surface area contributed by atoms with E-state index in [0.29, 0.717) is 5.92 Å². The SMILES string of the molecule is CCc1nn(C)cc1NCCOCC(C)C. The summed E-state index contributed by atoms with van der Waals surface area (Å²) in [4.78, 5) is 0. The molecule has 4 nitrogen and oxygen atoms in total. The normalized spacial score (nSPS) is 11.1. The lowest BCUT2D eigenvalue weighted by Gasteiger charge is -2.08. The van der Waals surface area contributed by atoms with Crippen LogP contribution in [0.4, 0.5) is 5.69 Å². The van der Waals surface area contributed by atoms with E-state index in [1.165, 1.54) is 0 Å². The van der Waals surface area contributed by atoms with Gasteiger partial charge < -0.3 is 10.1 Å². The third-order valence-corrected chi connectivity index (χ3v) is 2.25. The topological polar surface area (TPSA) is 39.1 Å². The second-order valence-electron chi connectivity index (χ2n) is 4.41. The summed E-state index contributed by atoms with van der Waals surface area (Å²) in [6.07, 6.45) is 2.97. The number of hydrogen-bond acceptors (Lipinski definition) is 3. The van der Waals surface area contributed by atoms with E-state index in [0.717, 1.165) is 37.6 Å². The lowest BCUT2D eigenvalue weighted by atomic mass is 10.2. The minimum Gasteiger partial charge on any atom is -0.380 e. The number of ether oxygens (including phenoxy) is 1. The fraction of sp³-hybridized carbons (Fsp3) is 0.750. The minimum atomic E-state index is 0.601. The number of anilines is 1. The van der Waals surface area contributed by atoms with Gasteiger partial charge in [0.15, 0.2) is 0 Å². The molecule has 1 aromatic rings. The maximum absolute atomic E-state index is 5.51. The first-order valence-electron chi connectivity index (χ1n) is 5.97. The van der Waals surface area contributed by atoms with Gasteiger partial charge in [0.25, 0.3) is 0 Å². The van der Waals surface area contributed by atoms with Gasteiger partial charge in [0.2, 0.25) is 0 Å². The fourth-order valence-corrected chi connectivity index (χ4v) is 1.52. The van der Waals surface area contributed by atoms with Gasteiger partial charge in [-0.1, -0.05) is 20.8 Å². The monoisotopic (exact) mass is 225 g/mol. The molecule has 0 aliphatic carbocycles. The number of nitrogens with zero attached hydrogens (tertiary/aromatic N) is 2. The smallest absolute Gasteiger partial charge is 0.0853 e. The number of rotatable bonds is 7. The molecule has 0 radical (unpaired) electrons. The Labute approximate surface area is 98.0 Å². The van der Waals surface area contributed by atoms with E-state index in [1.54, 1.807) is 0 Å². The summed E-state index contributed by atoms with van der Waals surface area (Å²) in [5.41, 5.74) is 2.24. The van der Waals surface area contributed by atoms with Crippen molar-refractivity contribution in [3.8, 4) is 0 Å². The summed E-state index contributed by atoms with van der Waals surface area (Å²) in [5, 5.41) is 7.72. The predicted molar refractivity (Wildman–Crippen MR) is 66.7 cm³/mol. The van der Waals surface area contributed by atoms with Gasteiger partial charge in [-0.2, -0.15) is 5.10 Å². The van der Waals surface area contributed by atoms with Crippen molar-refractivity contribution in [2.24, 2.45) is 13.0 Å². The molecule has 92 valence electrons. The Morgan fingerprint density at radius 2 is 2.25 bits per heavy atom. The Morgan fingerprint density at radius 3 is 2.88 bits per heavy atom. The molecule has 16 heavy (non-hydrogen) atoms. The molecule has 0 aliphatic heterocycles. The van der Waals surface area contributed by atoms with Gasteiger partial charge in [0.05, 0.1) is 18.0 Å². The zero-order valence-corrected chi connectivity index (χ0v) is 10.8. The number of aryl methyl sites for hydroxylation is 2. The zero-order chi connectivity index (χ0) is 12.0. The van der Waals surface area contributed by atoms with Crippen LogP contribution in [0.2, 0.25) is 0 Å². The lowest BCUT2D eigenvalue weighted by Crippen LogP contribution is -2.12. The van der Waals surface area contributed by atoms with Gasteiger partial charge in [0, 0.05) is 26.4 Å². The van der Waals surface area contributed by atoms with Crippen molar-refractivity contribution >= 4 is 5.69 Å². The predicted octanol–water partition coefficient (Wildman–Crippen LogP) is 2.07. The summed E-state index contributed by atoms with van der Waals surface area (Å²) >= 11 is 0. The molecule has 0 aliphatic rings. The van der Waals surface area contributed by atoms with E-state index in [1.807, 2.05) is 17.9 Å². The highest BCUT2D eigenvalue weighted by Crippen LogP contribution is 2.12. The van der Waals surface area contributed by atoms with Gasteiger partial charge in [-0.25, -0.2) is 0 Å². The molecular formula is C12H23N3O. The molecule has 0 saturated heterocycles. The van der Waals surface area contributed by atoms with Crippen LogP contribution in [0.1, 0.15) is 26.5 Å². The third kappa shape index (κ3) is 4.23. The van der Waals surface area contributed by atoms with Crippen LogP contribution >= 0.6 is 0 Å². The Hall–Kier alpha value is -1.03. The van der Waals surface area contributed by atoms with Crippen molar-refractivity contribution in [3.63, 3.8) is 0 Å². The third-order valence-electron chi connectivity index (χ3n) is 2.25. The highest BCUT2D eigenvalue weighted by molar-refractivity contribution is 5.46. The highest BCUT2D eigenvalue weighted by Gasteiger charge is 2.04. The van der Waals surface area contributed by atoms with Crippen LogP contribution in [0.3, 0.4) is 0 Å². The number of nitrogens with one attached hydrogen (secondary N) is 1. The highest BCUT2D eigenvalue weighted by atomic mass is 16.5. The molecule has 1 aromatic heterocycles. The van der Waals surface area contributed by atoms with Crippen molar-refractivity contribution in [1.29, 1.82) is 0 Å². The molecule has 1 rings (SSSR count). The van der Waals surface area contributed by atoms with E-state index in [2.05, 4.69) is 31.2 Å². The molecule has 0 saturated carbocycles. The molecule has 0 atom stereocenters. The van der Waals surface area contributed by atoms with Crippen molar-refractivity contribution in [2.45, 2.75) is 27.2 Å². The summed E-state index contributed by atoms with van der Waals surface area (Å²) in [7, 11) is 1.94. The summed E-state index contributed by atoms with van der Waals surface area (Å²) in [6, 6.07) is 0. The van der Waals surface area contributed by atoms with E-state index in [4.69, 9.17) is 4.74 Å². The zero-order valence-electron chi connectivity index (χ0n) is 10.8. The van der Waals surface area contributed by atoms with Crippen molar-refractivity contribution in [2.75, 3.05) is 25.1 Å². The quantitative estimate of drug-likeness (QED) is 0.722. The van der Waals surface area contributed by atoms with Crippen molar-refractivity contribution < 1.29 is 4.74 Å². The minimum absolute atomic E-state index is 0.601. The fourth-order valence-electron chi connectivity index (χ4n) is 1.52. The molecule has 4 heteroatoms. The van der Waals surface area contributed by atoms with Gasteiger partial charge in [-0.15, -0.1) is 0 Å². The molecule has 0 unspecified atom stereocenters. The molecule has 0 bridgehead atoms. The van der Waals surface area contributed by atoms with Crippen LogP contribution in [0.15, 0.2) is 6.20 Å². The summed E-state index contributed by atoms with van der Waals surface area (Å²) < 4.78 is 7.35. The molecular weight excluding hydrogens is 202 g/mol. The number of hydrogen-bond donors (Lipinski definition) is 1. The van der Waals surface area contributed by atoms with Gasteiger partial charge >= 0.3 is 0 Å². The van der Waals surface area contributed by atoms with E-state index >= 15 is 0 Å². The standard InChI is InChI=1S/C12H23N3O/c1-5-11-12(8-15(4)14-11)13-6-7-16-9-10(2)3/h8,10,13H,5-7,9H2,1-4H3. The summed E-state index contributed by atoms with van der Waals surface area (Å²) in [6.45, 7) is 8.84. The molecule has 1 N–H and O–H groups in total. The van der Waals surface area contributed by atoms with E-state index in [-0.39, 0.29) is 0 Å². The van der Waals surface area contributed by atoms with E-state index < -0.39 is 0 Å². The molecule has 0 spiro atoms. The van der Waals surface area contributed by atoms with Crippen molar-refractivity contribution in [1.82, 2.24) is 9.78 Å². The second kappa shape index (κ2) is 6.53. The first-order valence-corrected chi connectivity index (χ1v) is 5.97. The Morgan fingerprint density at radius 1 is 1.50 bits per heavy atom. The maximum Gasteiger partial charge on any atom is 0.0853 e. The van der Waals surface area contributed by atoms with Crippen LogP contribution in [0.25, 0.3) is 0 Å². The Balaban J connectivity index is 2.26. The van der Waals surface area contributed by atoms with Crippen molar-refractivity contribution in [3.05, 3.63) is 11.9 Å². The van der Waals surface area contributed by atoms with Crippen LogP contribution in [-0.4, -0.2) is 29.5 Å². The van der Waals surface area contributed by atoms with Crippen LogP contribution < -0.4 is 5.32 Å². The summed E-state index contributed by atoms with van der Waals surface area (Å²) in [5.74, 6) is 0.601. The van der Waals surface area contributed by atoms with Crippen LogP contribution in [0, 0.1) is 5.92 Å². The first kappa shape index (κ1) is 13.0. The largest absolute Gasteiger partial charge is 0.380 e. The van der Waals surface area contributed by atoms with E-state index in [9.17, 15) is 0 Å². The number of aromatic nitrogens is 2. The van der Waals surface area contributed by atoms with Gasteiger partial charge in [0.1, 0.15) is 0 Å². The molecule has 0 fully saturated rings.